The van der Waals surface area contributed by atoms with Gasteiger partial charge in [-0.2, -0.15) is 0 Å². The molecule has 4 aromatic rings. The number of para-hydroxylation sites is 2. The van der Waals surface area contributed by atoms with E-state index in [1.54, 1.807) is 30.5 Å². The van der Waals surface area contributed by atoms with Crippen molar-refractivity contribution in [2.75, 3.05) is 32.2 Å². The molecular weight excluding hydrogens is 510 g/mol. The van der Waals surface area contributed by atoms with Crippen molar-refractivity contribution in [3.8, 4) is 17.2 Å². The molecule has 1 atom stereocenters. The lowest BCUT2D eigenvalue weighted by Crippen LogP contribution is -2.47. The van der Waals surface area contributed by atoms with Gasteiger partial charge in [0.15, 0.2) is 0 Å². The maximum absolute atomic E-state index is 14.4. The lowest BCUT2D eigenvalue weighted by Gasteiger charge is -2.40. The number of rotatable bonds is 10. The normalized spacial score (nSPS) is 13.9. The van der Waals surface area contributed by atoms with E-state index >= 15 is 0 Å². The number of ether oxygens (including phenoxy) is 2. The smallest absolute Gasteiger partial charge is 0.247 e. The summed E-state index contributed by atoms with van der Waals surface area (Å²) in [5, 5.41) is 1.97. The van der Waals surface area contributed by atoms with Crippen molar-refractivity contribution in [2.24, 2.45) is 0 Å². The van der Waals surface area contributed by atoms with E-state index in [2.05, 4.69) is 11.5 Å². The van der Waals surface area contributed by atoms with Gasteiger partial charge in [-0.15, -0.1) is 11.3 Å². The fourth-order valence-corrected chi connectivity index (χ4v) is 5.86. The Morgan fingerprint density at radius 3 is 2.51 bits per heavy atom. The van der Waals surface area contributed by atoms with Crippen molar-refractivity contribution in [3.05, 3.63) is 94.4 Å². The van der Waals surface area contributed by atoms with E-state index in [1.807, 2.05) is 83.2 Å². The van der Waals surface area contributed by atoms with E-state index < -0.39 is 6.04 Å². The number of thiophene rings is 1. The summed E-state index contributed by atoms with van der Waals surface area (Å²) in [6.45, 7) is 2.61. The van der Waals surface area contributed by atoms with E-state index in [4.69, 9.17) is 9.47 Å². The molecule has 202 valence electrons. The lowest BCUT2D eigenvalue weighted by atomic mass is 9.96. The van der Waals surface area contributed by atoms with Gasteiger partial charge in [0.25, 0.3) is 0 Å². The third kappa shape index (κ3) is 5.29. The second-order valence-electron chi connectivity index (χ2n) is 9.49. The number of methoxy groups -OCH3 is 2. The number of fused-ring (bicyclic) bond motifs is 3. The van der Waals surface area contributed by atoms with Crippen molar-refractivity contribution in [2.45, 2.75) is 32.2 Å². The maximum atomic E-state index is 14.4. The van der Waals surface area contributed by atoms with E-state index in [0.717, 1.165) is 40.4 Å². The van der Waals surface area contributed by atoms with Crippen molar-refractivity contribution in [1.29, 1.82) is 0 Å². The second kappa shape index (κ2) is 11.8. The quantitative estimate of drug-likeness (QED) is 0.251. The van der Waals surface area contributed by atoms with Crippen LogP contribution in [-0.4, -0.2) is 48.6 Å². The van der Waals surface area contributed by atoms with Crippen LogP contribution in [0.2, 0.25) is 0 Å². The SMILES string of the molecule is CCCCN(CC(=O)N1c2ccccc2-n2cccc2C1c1cc(OC)ccc1OC)C(=O)Cc1cccs1. The summed E-state index contributed by atoms with van der Waals surface area (Å²) >= 11 is 1.56. The van der Waals surface area contributed by atoms with Crippen LogP contribution in [0.1, 0.15) is 41.9 Å². The molecular formula is C31H33N3O4S. The number of amides is 2. The molecule has 2 aromatic heterocycles. The van der Waals surface area contributed by atoms with E-state index in [1.165, 1.54) is 0 Å². The number of anilines is 1. The molecule has 0 N–H and O–H groups in total. The average Bonchev–Trinajstić information content (AvgIpc) is 3.66. The van der Waals surface area contributed by atoms with Gasteiger partial charge in [-0.1, -0.05) is 31.5 Å². The third-order valence-corrected chi connectivity index (χ3v) is 7.96. The van der Waals surface area contributed by atoms with Crippen LogP contribution in [0.25, 0.3) is 5.69 Å². The van der Waals surface area contributed by atoms with Crippen molar-refractivity contribution in [1.82, 2.24) is 9.47 Å². The topological polar surface area (TPSA) is 64.0 Å². The van der Waals surface area contributed by atoms with Gasteiger partial charge in [0.05, 0.1) is 37.7 Å². The zero-order valence-electron chi connectivity index (χ0n) is 22.5. The summed E-state index contributed by atoms with van der Waals surface area (Å²) < 4.78 is 13.4. The van der Waals surface area contributed by atoms with Gasteiger partial charge >= 0.3 is 0 Å². The Balaban J connectivity index is 1.57. The van der Waals surface area contributed by atoms with Gasteiger partial charge in [0.1, 0.15) is 24.1 Å². The summed E-state index contributed by atoms with van der Waals surface area (Å²) in [7, 11) is 3.25. The van der Waals surface area contributed by atoms with Crippen LogP contribution in [-0.2, 0) is 16.0 Å². The fourth-order valence-electron chi connectivity index (χ4n) is 5.16. The number of unbranched alkanes of at least 4 members (excludes halogenated alkanes) is 1. The second-order valence-corrected chi connectivity index (χ2v) is 10.5. The van der Waals surface area contributed by atoms with E-state index in [0.29, 0.717) is 24.5 Å². The molecule has 0 aliphatic carbocycles. The molecule has 0 radical (unpaired) electrons. The first-order valence-electron chi connectivity index (χ1n) is 13.2. The number of carbonyl (C=O) groups is 2. The Bertz CT molecular complexity index is 1450. The fraction of sp³-hybridized carbons (Fsp3) is 0.290. The lowest BCUT2D eigenvalue weighted by molar-refractivity contribution is -0.134. The molecule has 5 rings (SSSR count). The first-order chi connectivity index (χ1) is 19.0. The molecule has 0 spiro atoms. The van der Waals surface area contributed by atoms with Gasteiger partial charge in [-0.25, -0.2) is 0 Å². The molecule has 39 heavy (non-hydrogen) atoms. The Labute approximate surface area is 233 Å². The molecule has 2 aromatic carbocycles. The average molecular weight is 544 g/mol. The minimum Gasteiger partial charge on any atom is -0.497 e. The predicted molar refractivity (Wildman–Crippen MR) is 154 cm³/mol. The van der Waals surface area contributed by atoms with Crippen LogP contribution in [0, 0.1) is 0 Å². The van der Waals surface area contributed by atoms with Crippen LogP contribution < -0.4 is 14.4 Å². The molecule has 2 amide bonds. The molecule has 3 heterocycles. The highest BCUT2D eigenvalue weighted by molar-refractivity contribution is 7.10. The summed E-state index contributed by atoms with van der Waals surface area (Å²) in [6, 6.07) is 20.9. The number of hydrogen-bond acceptors (Lipinski definition) is 5. The van der Waals surface area contributed by atoms with E-state index in [9.17, 15) is 9.59 Å². The highest BCUT2D eigenvalue weighted by Gasteiger charge is 2.38. The van der Waals surface area contributed by atoms with Crippen LogP contribution in [0.5, 0.6) is 11.5 Å². The maximum Gasteiger partial charge on any atom is 0.247 e. The number of benzene rings is 2. The number of aromatic nitrogens is 1. The molecule has 0 saturated carbocycles. The highest BCUT2D eigenvalue weighted by Crippen LogP contribution is 2.45. The Morgan fingerprint density at radius 2 is 1.79 bits per heavy atom. The van der Waals surface area contributed by atoms with Crippen molar-refractivity contribution in [3.63, 3.8) is 0 Å². The van der Waals surface area contributed by atoms with Crippen LogP contribution in [0.4, 0.5) is 5.69 Å². The molecule has 0 fully saturated rings. The van der Waals surface area contributed by atoms with Crippen molar-refractivity contribution < 1.29 is 19.1 Å². The molecule has 0 bridgehead atoms. The Kier molecular flexibility index (Phi) is 8.02. The molecule has 7 nitrogen and oxygen atoms in total. The van der Waals surface area contributed by atoms with Gasteiger partial charge in [0.2, 0.25) is 11.8 Å². The summed E-state index contributed by atoms with van der Waals surface area (Å²) in [4.78, 5) is 32.3. The predicted octanol–water partition coefficient (Wildman–Crippen LogP) is 5.86. The first-order valence-corrected chi connectivity index (χ1v) is 14.0. The van der Waals surface area contributed by atoms with Crippen LogP contribution in [0.3, 0.4) is 0 Å². The van der Waals surface area contributed by atoms with Crippen LogP contribution >= 0.6 is 11.3 Å². The number of carbonyl (C=O) groups excluding carboxylic acids is 2. The number of hydrogen-bond donors (Lipinski definition) is 0. The summed E-state index contributed by atoms with van der Waals surface area (Å²) in [5.41, 5.74) is 3.43. The largest absolute Gasteiger partial charge is 0.497 e. The summed E-state index contributed by atoms with van der Waals surface area (Å²) in [5.74, 6) is 1.14. The van der Waals surface area contributed by atoms with Crippen LogP contribution in [0.15, 0.2) is 78.3 Å². The number of nitrogens with zero attached hydrogens (tertiary/aromatic N) is 3. The molecule has 1 unspecified atom stereocenters. The molecule has 0 saturated heterocycles. The first kappa shape index (κ1) is 26.6. The molecule has 1 aliphatic heterocycles. The minimum atomic E-state index is -0.479. The molecule has 8 heteroatoms. The third-order valence-electron chi connectivity index (χ3n) is 7.09. The highest BCUT2D eigenvalue weighted by atomic mass is 32.1. The van der Waals surface area contributed by atoms with Crippen molar-refractivity contribution >= 4 is 28.8 Å². The van der Waals surface area contributed by atoms with E-state index in [-0.39, 0.29) is 18.4 Å². The minimum absolute atomic E-state index is 0.0119. The summed E-state index contributed by atoms with van der Waals surface area (Å²) in [6.07, 6.45) is 4.06. The molecule has 1 aliphatic rings. The van der Waals surface area contributed by atoms with Gasteiger partial charge < -0.3 is 18.9 Å². The monoisotopic (exact) mass is 543 g/mol. The zero-order chi connectivity index (χ0) is 27.4. The zero-order valence-corrected chi connectivity index (χ0v) is 23.3. The standard InChI is InChI=1S/C31H33N3O4S/c1-4-5-16-32(29(35)20-23-10-9-18-39-23)21-30(36)34-26-12-7-6-11-25(26)33-17-8-13-27(33)31(34)24-19-22(37-2)14-15-28(24)38-3/h6-15,17-19,31H,4-5,16,20-21H2,1-3H3. The Morgan fingerprint density at radius 1 is 0.974 bits per heavy atom. The van der Waals surface area contributed by atoms with Gasteiger partial charge in [-0.05, 0) is 60.3 Å². The van der Waals surface area contributed by atoms with Gasteiger partial charge in [0, 0.05) is 23.2 Å². The Hall–Kier alpha value is -4.04. The van der Waals surface area contributed by atoms with Gasteiger partial charge in [-0.3, -0.25) is 14.5 Å².